The first-order valence-electron chi connectivity index (χ1n) is 5.93. The summed E-state index contributed by atoms with van der Waals surface area (Å²) in [7, 11) is 1.63. The largest absolute Gasteiger partial charge is 0.395 e. The van der Waals surface area contributed by atoms with E-state index in [0.29, 0.717) is 6.61 Å². The maximum Gasteiger partial charge on any atom is 0.0809 e. The first-order chi connectivity index (χ1) is 8.74. The summed E-state index contributed by atoms with van der Waals surface area (Å²) >= 11 is 1.69. The molecule has 0 radical (unpaired) electrons. The molecule has 2 N–H and O–H groups in total. The highest BCUT2D eigenvalue weighted by Crippen LogP contribution is 2.22. The standard InChI is InChI=1S/C13H18N2O2S/c1-9(15-11(7-16)8-17-2)10-5-13-12(14-6-10)3-4-18-13/h3-6,9,11,15-16H,7-8H2,1-2H3. The van der Waals surface area contributed by atoms with Crippen molar-refractivity contribution in [2.24, 2.45) is 0 Å². The number of aliphatic hydroxyl groups is 1. The van der Waals surface area contributed by atoms with Crippen molar-refractivity contribution in [2.45, 2.75) is 19.0 Å². The van der Waals surface area contributed by atoms with E-state index in [1.807, 2.05) is 17.6 Å². The summed E-state index contributed by atoms with van der Waals surface area (Å²) in [5, 5.41) is 14.6. The number of nitrogens with zero attached hydrogens (tertiary/aromatic N) is 1. The van der Waals surface area contributed by atoms with Crippen LogP contribution in [0, 0.1) is 0 Å². The summed E-state index contributed by atoms with van der Waals surface area (Å²) in [5.74, 6) is 0. The third-order valence-electron chi connectivity index (χ3n) is 2.90. The van der Waals surface area contributed by atoms with Crippen LogP contribution in [0.2, 0.25) is 0 Å². The molecule has 4 nitrogen and oxygen atoms in total. The van der Waals surface area contributed by atoms with Crippen molar-refractivity contribution in [3.63, 3.8) is 0 Å². The van der Waals surface area contributed by atoms with E-state index in [1.54, 1.807) is 18.4 Å². The van der Waals surface area contributed by atoms with Crippen LogP contribution in [0.1, 0.15) is 18.5 Å². The number of aromatic nitrogens is 1. The Labute approximate surface area is 111 Å². The van der Waals surface area contributed by atoms with Crippen LogP contribution in [-0.2, 0) is 4.74 Å². The Bertz CT molecular complexity index is 500. The molecule has 2 unspecified atom stereocenters. The van der Waals surface area contributed by atoms with Crippen LogP contribution in [-0.4, -0.2) is 36.5 Å². The first-order valence-corrected chi connectivity index (χ1v) is 6.81. The second-order valence-electron chi connectivity index (χ2n) is 4.30. The zero-order chi connectivity index (χ0) is 13.0. The maximum atomic E-state index is 9.24. The molecule has 0 saturated carbocycles. The molecule has 0 aliphatic carbocycles. The summed E-state index contributed by atoms with van der Waals surface area (Å²) in [5.41, 5.74) is 2.16. The molecule has 0 aliphatic heterocycles. The van der Waals surface area contributed by atoms with Gasteiger partial charge in [-0.15, -0.1) is 11.3 Å². The summed E-state index contributed by atoms with van der Waals surface area (Å²) in [6, 6.07) is 4.25. The Hall–Kier alpha value is -1.01. The molecule has 2 aromatic rings. The van der Waals surface area contributed by atoms with Crippen molar-refractivity contribution in [3.8, 4) is 0 Å². The second-order valence-corrected chi connectivity index (χ2v) is 5.24. The Morgan fingerprint density at radius 3 is 3.11 bits per heavy atom. The van der Waals surface area contributed by atoms with Gasteiger partial charge >= 0.3 is 0 Å². The lowest BCUT2D eigenvalue weighted by Crippen LogP contribution is -2.38. The van der Waals surface area contributed by atoms with Crippen molar-refractivity contribution >= 4 is 21.6 Å². The summed E-state index contributed by atoms with van der Waals surface area (Å²) < 4.78 is 6.24. The lowest BCUT2D eigenvalue weighted by molar-refractivity contribution is 0.123. The van der Waals surface area contributed by atoms with Crippen molar-refractivity contribution in [1.29, 1.82) is 0 Å². The van der Waals surface area contributed by atoms with E-state index in [9.17, 15) is 5.11 Å². The molecule has 0 amide bonds. The van der Waals surface area contributed by atoms with Crippen molar-refractivity contribution in [2.75, 3.05) is 20.3 Å². The molecule has 0 aliphatic rings. The zero-order valence-corrected chi connectivity index (χ0v) is 11.4. The average Bonchev–Trinajstić information content (AvgIpc) is 2.85. The van der Waals surface area contributed by atoms with E-state index in [0.717, 1.165) is 11.1 Å². The SMILES string of the molecule is COCC(CO)NC(C)c1cnc2ccsc2c1. The predicted octanol–water partition coefficient (Wildman–Crippen LogP) is 1.95. The predicted molar refractivity (Wildman–Crippen MR) is 73.9 cm³/mol. The number of thiophene rings is 1. The maximum absolute atomic E-state index is 9.24. The molecule has 0 aromatic carbocycles. The van der Waals surface area contributed by atoms with Crippen LogP contribution in [0.25, 0.3) is 10.2 Å². The Morgan fingerprint density at radius 1 is 1.56 bits per heavy atom. The highest BCUT2D eigenvalue weighted by molar-refractivity contribution is 7.17. The number of fused-ring (bicyclic) bond motifs is 1. The minimum Gasteiger partial charge on any atom is -0.395 e. The molecule has 98 valence electrons. The van der Waals surface area contributed by atoms with E-state index in [2.05, 4.69) is 23.3 Å². The van der Waals surface area contributed by atoms with Crippen LogP contribution in [0.5, 0.6) is 0 Å². The van der Waals surface area contributed by atoms with Crippen LogP contribution in [0.15, 0.2) is 23.7 Å². The number of rotatable bonds is 6. The molecule has 0 spiro atoms. The lowest BCUT2D eigenvalue weighted by atomic mass is 10.1. The summed E-state index contributed by atoms with van der Waals surface area (Å²) in [6.45, 7) is 2.62. The summed E-state index contributed by atoms with van der Waals surface area (Å²) in [6.07, 6.45) is 1.88. The first kappa shape index (κ1) is 13.4. The highest BCUT2D eigenvalue weighted by Gasteiger charge is 2.13. The molecule has 0 saturated heterocycles. The highest BCUT2D eigenvalue weighted by atomic mass is 32.1. The quantitative estimate of drug-likeness (QED) is 0.839. The second kappa shape index (κ2) is 6.24. The zero-order valence-electron chi connectivity index (χ0n) is 10.6. The van der Waals surface area contributed by atoms with Crippen LogP contribution >= 0.6 is 11.3 Å². The van der Waals surface area contributed by atoms with E-state index in [1.165, 1.54) is 4.70 Å². The van der Waals surface area contributed by atoms with Gasteiger partial charge in [0.15, 0.2) is 0 Å². The number of hydrogen-bond acceptors (Lipinski definition) is 5. The van der Waals surface area contributed by atoms with Crippen LogP contribution < -0.4 is 5.32 Å². The van der Waals surface area contributed by atoms with E-state index < -0.39 is 0 Å². The van der Waals surface area contributed by atoms with Gasteiger partial charge in [-0.25, -0.2) is 0 Å². The molecular formula is C13H18N2O2S. The van der Waals surface area contributed by atoms with Gasteiger partial charge in [0.25, 0.3) is 0 Å². The van der Waals surface area contributed by atoms with E-state index >= 15 is 0 Å². The van der Waals surface area contributed by atoms with Crippen LogP contribution in [0.4, 0.5) is 0 Å². The number of hydrogen-bond donors (Lipinski definition) is 2. The average molecular weight is 266 g/mol. The fourth-order valence-corrected chi connectivity index (χ4v) is 2.69. The Balaban J connectivity index is 2.09. The molecule has 2 atom stereocenters. The van der Waals surface area contributed by atoms with E-state index in [4.69, 9.17) is 4.74 Å². The molecule has 18 heavy (non-hydrogen) atoms. The molecule has 2 aromatic heterocycles. The van der Waals surface area contributed by atoms with Crippen molar-refractivity contribution < 1.29 is 9.84 Å². The van der Waals surface area contributed by atoms with Crippen molar-refractivity contribution in [3.05, 3.63) is 29.3 Å². The van der Waals surface area contributed by atoms with Gasteiger partial charge in [-0.1, -0.05) is 0 Å². The van der Waals surface area contributed by atoms with Gasteiger partial charge in [0.2, 0.25) is 0 Å². The van der Waals surface area contributed by atoms with Crippen molar-refractivity contribution in [1.82, 2.24) is 10.3 Å². The Kier molecular flexibility index (Phi) is 4.66. The Morgan fingerprint density at radius 2 is 2.39 bits per heavy atom. The topological polar surface area (TPSA) is 54.4 Å². The minimum absolute atomic E-state index is 0.0518. The molecule has 0 bridgehead atoms. The normalized spacial score (nSPS) is 14.8. The monoisotopic (exact) mass is 266 g/mol. The molecule has 5 heteroatoms. The number of pyridine rings is 1. The molecule has 0 fully saturated rings. The number of methoxy groups -OCH3 is 1. The lowest BCUT2D eigenvalue weighted by Gasteiger charge is -2.21. The van der Waals surface area contributed by atoms with Gasteiger partial charge in [0.1, 0.15) is 0 Å². The summed E-state index contributed by atoms with van der Waals surface area (Å²) in [4.78, 5) is 4.42. The number of aliphatic hydroxyl groups excluding tert-OH is 1. The molecule has 2 heterocycles. The number of nitrogens with one attached hydrogen (secondary N) is 1. The minimum atomic E-state index is -0.0518. The fourth-order valence-electron chi connectivity index (χ4n) is 1.90. The van der Waals surface area contributed by atoms with Gasteiger partial charge in [0.05, 0.1) is 29.5 Å². The third-order valence-corrected chi connectivity index (χ3v) is 3.75. The van der Waals surface area contributed by atoms with Gasteiger partial charge in [0, 0.05) is 19.3 Å². The van der Waals surface area contributed by atoms with Gasteiger partial charge in [-0.2, -0.15) is 0 Å². The van der Waals surface area contributed by atoms with E-state index in [-0.39, 0.29) is 18.7 Å². The van der Waals surface area contributed by atoms with Gasteiger partial charge in [-0.05, 0) is 30.0 Å². The fraction of sp³-hybridized carbons (Fsp3) is 0.462. The van der Waals surface area contributed by atoms with Crippen LogP contribution in [0.3, 0.4) is 0 Å². The smallest absolute Gasteiger partial charge is 0.0809 e. The molecular weight excluding hydrogens is 248 g/mol. The molecule has 2 rings (SSSR count). The number of ether oxygens (including phenoxy) is 1. The third kappa shape index (κ3) is 3.05. The van der Waals surface area contributed by atoms with Gasteiger partial charge in [-0.3, -0.25) is 4.98 Å². The van der Waals surface area contributed by atoms with Gasteiger partial charge < -0.3 is 15.2 Å².